The van der Waals surface area contributed by atoms with Crippen LogP contribution in [0.25, 0.3) is 0 Å². The van der Waals surface area contributed by atoms with Crippen molar-refractivity contribution in [3.63, 3.8) is 0 Å². The van der Waals surface area contributed by atoms with Crippen molar-refractivity contribution in [1.29, 1.82) is 0 Å². The van der Waals surface area contributed by atoms with Crippen molar-refractivity contribution >= 4 is 5.97 Å². The van der Waals surface area contributed by atoms with Gasteiger partial charge in [0.05, 0.1) is 28.2 Å². The molecule has 0 atom stereocenters. The highest BCUT2D eigenvalue weighted by Gasteiger charge is 1.88. The lowest BCUT2D eigenvalue weighted by molar-refractivity contribution is -0.849. The maximum absolute atomic E-state index is 9.75. The standard InChI is InChI=1S/C6H8O2.C4H12N/c1-2-3-4-5-6(7)8;1-5(2,3)4/h2-5H,1H3,(H,7,8);1-4H3/q;+1/b3-2+,5-4+;. The number of nitrogens with zero attached hydrogens (tertiary/aromatic N) is 1. The number of quaternary nitrogens is 1. The van der Waals surface area contributed by atoms with Gasteiger partial charge in [0.15, 0.2) is 0 Å². The molecule has 0 amide bonds. The highest BCUT2D eigenvalue weighted by atomic mass is 16.4. The van der Waals surface area contributed by atoms with Crippen molar-refractivity contribution in [2.24, 2.45) is 0 Å². The number of rotatable bonds is 2. The molecule has 0 aromatic heterocycles. The second kappa shape index (κ2) is 7.55. The molecule has 0 heterocycles. The smallest absolute Gasteiger partial charge is 0.328 e. The van der Waals surface area contributed by atoms with Crippen LogP contribution < -0.4 is 0 Å². The lowest BCUT2D eigenvalue weighted by Gasteiger charge is -2.14. The van der Waals surface area contributed by atoms with Gasteiger partial charge in [-0.2, -0.15) is 0 Å². The van der Waals surface area contributed by atoms with Gasteiger partial charge in [0.25, 0.3) is 0 Å². The van der Waals surface area contributed by atoms with Crippen molar-refractivity contribution in [3.05, 3.63) is 24.3 Å². The van der Waals surface area contributed by atoms with Crippen LogP contribution in [-0.2, 0) is 4.79 Å². The lowest BCUT2D eigenvalue weighted by Crippen LogP contribution is -2.27. The van der Waals surface area contributed by atoms with Crippen molar-refractivity contribution in [2.45, 2.75) is 6.92 Å². The van der Waals surface area contributed by atoms with Crippen molar-refractivity contribution in [1.82, 2.24) is 0 Å². The Balaban J connectivity index is 0. The van der Waals surface area contributed by atoms with Crippen LogP contribution in [0.4, 0.5) is 0 Å². The Kier molecular flexibility index (Phi) is 8.39. The molecule has 0 fully saturated rings. The Morgan fingerprint density at radius 3 is 1.77 bits per heavy atom. The Bertz CT molecular complexity index is 182. The fourth-order valence-corrected chi connectivity index (χ4v) is 0.249. The molecule has 0 aliphatic carbocycles. The van der Waals surface area contributed by atoms with Gasteiger partial charge in [0.1, 0.15) is 0 Å². The zero-order valence-corrected chi connectivity index (χ0v) is 9.11. The van der Waals surface area contributed by atoms with Crippen molar-refractivity contribution in [3.8, 4) is 0 Å². The van der Waals surface area contributed by atoms with Crippen LogP contribution >= 0.6 is 0 Å². The third-order valence-corrected chi connectivity index (χ3v) is 0.542. The minimum Gasteiger partial charge on any atom is -0.478 e. The second-order valence-electron chi connectivity index (χ2n) is 3.91. The minimum absolute atomic E-state index is 0.914. The van der Waals surface area contributed by atoms with Gasteiger partial charge in [0, 0.05) is 6.08 Å². The fourth-order valence-electron chi connectivity index (χ4n) is 0.249. The molecule has 3 nitrogen and oxygen atoms in total. The van der Waals surface area contributed by atoms with E-state index < -0.39 is 5.97 Å². The molecule has 0 aromatic rings. The summed E-state index contributed by atoms with van der Waals surface area (Å²) in [5.41, 5.74) is 0. The van der Waals surface area contributed by atoms with Gasteiger partial charge in [-0.25, -0.2) is 4.79 Å². The van der Waals surface area contributed by atoms with E-state index in [1.165, 1.54) is 6.08 Å². The summed E-state index contributed by atoms with van der Waals surface area (Å²) in [5.74, 6) is -0.914. The van der Waals surface area contributed by atoms with E-state index in [9.17, 15) is 4.79 Å². The normalized spacial score (nSPS) is 11.5. The van der Waals surface area contributed by atoms with Crippen molar-refractivity contribution < 1.29 is 14.4 Å². The third kappa shape index (κ3) is 56.7. The summed E-state index contributed by atoms with van der Waals surface area (Å²) in [6.45, 7) is 1.83. The summed E-state index contributed by atoms with van der Waals surface area (Å²) in [7, 11) is 8.50. The summed E-state index contributed by atoms with van der Waals surface area (Å²) >= 11 is 0. The summed E-state index contributed by atoms with van der Waals surface area (Å²) < 4.78 is 1.00. The third-order valence-electron chi connectivity index (χ3n) is 0.542. The number of aliphatic carboxylic acids is 1. The maximum atomic E-state index is 9.75. The highest BCUT2D eigenvalue weighted by molar-refractivity contribution is 5.80. The molecule has 0 saturated carbocycles. The van der Waals surface area contributed by atoms with Crippen LogP contribution in [0.15, 0.2) is 24.3 Å². The Morgan fingerprint density at radius 2 is 1.54 bits per heavy atom. The van der Waals surface area contributed by atoms with E-state index in [4.69, 9.17) is 5.11 Å². The Labute approximate surface area is 80.6 Å². The van der Waals surface area contributed by atoms with Gasteiger partial charge >= 0.3 is 5.97 Å². The second-order valence-corrected chi connectivity index (χ2v) is 3.91. The van der Waals surface area contributed by atoms with E-state index in [-0.39, 0.29) is 0 Å². The minimum atomic E-state index is -0.914. The molecule has 0 bridgehead atoms. The predicted molar refractivity (Wildman–Crippen MR) is 55.5 cm³/mol. The summed E-state index contributed by atoms with van der Waals surface area (Å²) in [6, 6.07) is 0. The predicted octanol–water partition coefficient (Wildman–Crippen LogP) is 1.53. The molecule has 1 N–H and O–H groups in total. The van der Waals surface area contributed by atoms with E-state index in [1.807, 2.05) is 6.92 Å². The SMILES string of the molecule is C/C=C/C=C/C(=O)O.C[N+](C)(C)C. The van der Waals surface area contributed by atoms with Crippen LogP contribution in [0.3, 0.4) is 0 Å². The molecule has 13 heavy (non-hydrogen) atoms. The molecule has 0 aromatic carbocycles. The Hall–Kier alpha value is -1.09. The first-order chi connectivity index (χ1) is 5.77. The first-order valence-electron chi connectivity index (χ1n) is 4.08. The molecule has 0 radical (unpaired) electrons. The number of hydrogen-bond donors (Lipinski definition) is 1. The molecule has 0 spiro atoms. The van der Waals surface area contributed by atoms with Crippen LogP contribution in [-0.4, -0.2) is 43.7 Å². The number of carboxylic acids is 1. The first kappa shape index (κ1) is 14.4. The summed E-state index contributed by atoms with van der Waals surface area (Å²) in [6.07, 6.45) is 5.98. The number of allylic oxidation sites excluding steroid dienone is 3. The van der Waals surface area contributed by atoms with Gasteiger partial charge in [-0.1, -0.05) is 18.2 Å². The van der Waals surface area contributed by atoms with E-state index in [0.717, 1.165) is 10.6 Å². The number of carboxylic acid groups (broad SMARTS) is 1. The van der Waals surface area contributed by atoms with Gasteiger partial charge < -0.3 is 9.59 Å². The van der Waals surface area contributed by atoms with E-state index in [1.54, 1.807) is 12.2 Å². The first-order valence-corrected chi connectivity index (χ1v) is 4.08. The van der Waals surface area contributed by atoms with Crippen molar-refractivity contribution in [2.75, 3.05) is 28.2 Å². The molecule has 76 valence electrons. The van der Waals surface area contributed by atoms with Crippen LogP contribution in [0.5, 0.6) is 0 Å². The number of hydrogen-bond acceptors (Lipinski definition) is 1. The fraction of sp³-hybridized carbons (Fsp3) is 0.500. The largest absolute Gasteiger partial charge is 0.478 e. The van der Waals surface area contributed by atoms with Crippen LogP contribution in [0.1, 0.15) is 6.92 Å². The average Bonchev–Trinajstić information content (AvgIpc) is 1.83. The van der Waals surface area contributed by atoms with E-state index >= 15 is 0 Å². The Morgan fingerprint density at radius 1 is 1.15 bits per heavy atom. The number of carbonyl (C=O) groups is 1. The van der Waals surface area contributed by atoms with Gasteiger partial charge in [-0.15, -0.1) is 0 Å². The van der Waals surface area contributed by atoms with E-state index in [0.29, 0.717) is 0 Å². The zero-order chi connectivity index (χ0) is 10.9. The quantitative estimate of drug-likeness (QED) is 0.403. The summed E-state index contributed by atoms with van der Waals surface area (Å²) in [5, 5.41) is 8.02. The molecular weight excluding hydrogens is 166 g/mol. The lowest BCUT2D eigenvalue weighted by atomic mass is 10.4. The van der Waals surface area contributed by atoms with Crippen LogP contribution in [0, 0.1) is 0 Å². The molecule has 0 aliphatic heterocycles. The van der Waals surface area contributed by atoms with Crippen LogP contribution in [0.2, 0.25) is 0 Å². The van der Waals surface area contributed by atoms with Gasteiger partial charge in [-0.3, -0.25) is 0 Å². The molecule has 0 unspecified atom stereocenters. The molecule has 0 rings (SSSR count). The monoisotopic (exact) mass is 186 g/mol. The maximum Gasteiger partial charge on any atom is 0.328 e. The average molecular weight is 186 g/mol. The van der Waals surface area contributed by atoms with E-state index in [2.05, 4.69) is 28.2 Å². The molecule has 0 aliphatic rings. The molecule has 3 heteroatoms. The zero-order valence-electron chi connectivity index (χ0n) is 9.11. The van der Waals surface area contributed by atoms with Gasteiger partial charge in [-0.05, 0) is 6.92 Å². The summed E-state index contributed by atoms with van der Waals surface area (Å²) in [4.78, 5) is 9.75. The highest BCUT2D eigenvalue weighted by Crippen LogP contribution is 1.74. The molecular formula is C10H20NO2+. The topological polar surface area (TPSA) is 37.3 Å². The van der Waals surface area contributed by atoms with Gasteiger partial charge in [0.2, 0.25) is 0 Å². The molecule has 0 saturated heterocycles.